The van der Waals surface area contributed by atoms with Crippen LogP contribution in [0.5, 0.6) is 0 Å². The molecule has 162 valence electrons. The Morgan fingerprint density at radius 2 is 2.03 bits per heavy atom. The number of aryl methyl sites for hydroxylation is 3. The Bertz CT molecular complexity index is 1170. The molecule has 1 atom stereocenters. The van der Waals surface area contributed by atoms with Gasteiger partial charge in [-0.3, -0.25) is 9.59 Å². The average molecular weight is 454 g/mol. The third-order valence-electron chi connectivity index (χ3n) is 6.30. The first kappa shape index (κ1) is 20.8. The molecule has 2 heterocycles. The number of nitrogens with one attached hydrogen (secondary N) is 2. The second-order valence-corrected chi connectivity index (χ2v) is 10.7. The monoisotopic (exact) mass is 453 g/mol. The maximum absolute atomic E-state index is 12.6. The zero-order chi connectivity index (χ0) is 21.2. The molecule has 2 aliphatic rings. The fourth-order valence-corrected chi connectivity index (χ4v) is 6.82. The van der Waals surface area contributed by atoms with E-state index in [9.17, 15) is 9.59 Å². The number of thioether (sulfide) groups is 1. The number of nitrogens with zero attached hydrogens (tertiary/aromatic N) is 1. The fraction of sp³-hybridized carbons (Fsp3) is 0.458. The smallest absolute Gasteiger partial charge is 0.259 e. The lowest BCUT2D eigenvalue weighted by atomic mass is 9.88. The summed E-state index contributed by atoms with van der Waals surface area (Å²) in [5.74, 6) is 2.17. The van der Waals surface area contributed by atoms with Crippen molar-refractivity contribution in [1.82, 2.24) is 15.3 Å². The van der Waals surface area contributed by atoms with Crippen LogP contribution in [0.3, 0.4) is 0 Å². The molecule has 1 aromatic carbocycles. The van der Waals surface area contributed by atoms with Crippen LogP contribution in [-0.4, -0.2) is 27.7 Å². The van der Waals surface area contributed by atoms with Gasteiger partial charge in [-0.2, -0.15) is 11.8 Å². The van der Waals surface area contributed by atoms with Crippen molar-refractivity contribution in [3.63, 3.8) is 0 Å². The van der Waals surface area contributed by atoms with Crippen molar-refractivity contribution in [2.75, 3.05) is 5.75 Å². The van der Waals surface area contributed by atoms with Gasteiger partial charge in [-0.25, -0.2) is 4.98 Å². The molecule has 7 heteroatoms. The summed E-state index contributed by atoms with van der Waals surface area (Å²) in [5.41, 5.74) is 3.99. The molecule has 3 aromatic rings. The Morgan fingerprint density at radius 3 is 2.94 bits per heavy atom. The number of carbonyl (C=O) groups excluding carboxylic acids is 1. The van der Waals surface area contributed by atoms with Crippen molar-refractivity contribution in [3.05, 3.63) is 62.0 Å². The minimum absolute atomic E-state index is 0.00433. The predicted octanol–water partition coefficient (Wildman–Crippen LogP) is 4.16. The summed E-state index contributed by atoms with van der Waals surface area (Å²) in [5, 5.41) is 4.00. The van der Waals surface area contributed by atoms with E-state index in [-0.39, 0.29) is 17.5 Å². The molecular formula is C24H27N3O2S2. The molecule has 2 N–H and O–H groups in total. The third kappa shape index (κ3) is 4.58. The molecule has 5 nitrogen and oxygen atoms in total. The first-order chi connectivity index (χ1) is 15.2. The summed E-state index contributed by atoms with van der Waals surface area (Å²) in [4.78, 5) is 34.9. The topological polar surface area (TPSA) is 74.8 Å². The Morgan fingerprint density at radius 1 is 1.19 bits per heavy atom. The first-order valence-electron chi connectivity index (χ1n) is 11.1. The molecule has 0 bridgehead atoms. The van der Waals surface area contributed by atoms with E-state index in [0.29, 0.717) is 18.0 Å². The number of hydrogen-bond acceptors (Lipinski definition) is 5. The van der Waals surface area contributed by atoms with Gasteiger partial charge in [-0.1, -0.05) is 24.3 Å². The Balaban J connectivity index is 1.12. The van der Waals surface area contributed by atoms with Crippen molar-refractivity contribution in [3.8, 4) is 0 Å². The quantitative estimate of drug-likeness (QED) is 0.550. The van der Waals surface area contributed by atoms with Gasteiger partial charge in [0, 0.05) is 23.1 Å². The molecule has 5 rings (SSSR count). The van der Waals surface area contributed by atoms with Crippen molar-refractivity contribution < 1.29 is 4.79 Å². The second-order valence-electron chi connectivity index (χ2n) is 8.48. The van der Waals surface area contributed by atoms with Crippen LogP contribution in [0.15, 0.2) is 29.1 Å². The van der Waals surface area contributed by atoms with Gasteiger partial charge in [0.15, 0.2) is 0 Å². The maximum atomic E-state index is 12.6. The van der Waals surface area contributed by atoms with E-state index in [1.54, 1.807) is 23.1 Å². The normalized spacial score (nSPS) is 17.9. The molecule has 1 amide bonds. The first-order valence-corrected chi connectivity index (χ1v) is 13.1. The molecule has 0 saturated heterocycles. The number of amides is 1. The molecule has 31 heavy (non-hydrogen) atoms. The van der Waals surface area contributed by atoms with Crippen LogP contribution in [0.2, 0.25) is 0 Å². The summed E-state index contributed by atoms with van der Waals surface area (Å²) in [6.45, 7) is 0. The predicted molar refractivity (Wildman–Crippen MR) is 128 cm³/mol. The number of aromatic amines is 1. The van der Waals surface area contributed by atoms with E-state index in [0.717, 1.165) is 54.5 Å². The van der Waals surface area contributed by atoms with E-state index in [2.05, 4.69) is 34.6 Å². The van der Waals surface area contributed by atoms with E-state index >= 15 is 0 Å². The number of H-pyrrole nitrogens is 1. The van der Waals surface area contributed by atoms with Crippen LogP contribution in [0.4, 0.5) is 0 Å². The zero-order valence-corrected chi connectivity index (χ0v) is 19.2. The largest absolute Gasteiger partial charge is 0.353 e. The van der Waals surface area contributed by atoms with Crippen LogP contribution < -0.4 is 10.9 Å². The second kappa shape index (κ2) is 9.17. The molecule has 1 unspecified atom stereocenters. The molecule has 2 aliphatic carbocycles. The number of fused-ring (bicyclic) bond motifs is 4. The number of aromatic nitrogens is 2. The number of rotatable bonds is 6. The molecular weight excluding hydrogens is 426 g/mol. The van der Waals surface area contributed by atoms with Gasteiger partial charge in [0.25, 0.3) is 5.56 Å². The summed E-state index contributed by atoms with van der Waals surface area (Å²) in [7, 11) is 0. The fourth-order valence-electron chi connectivity index (χ4n) is 4.73. The average Bonchev–Trinajstić information content (AvgIpc) is 3.15. The van der Waals surface area contributed by atoms with Gasteiger partial charge in [0.1, 0.15) is 10.7 Å². The molecule has 0 aliphatic heterocycles. The van der Waals surface area contributed by atoms with Gasteiger partial charge in [-0.15, -0.1) is 11.3 Å². The van der Waals surface area contributed by atoms with Gasteiger partial charge in [-0.05, 0) is 61.6 Å². The van der Waals surface area contributed by atoms with Crippen LogP contribution in [0, 0.1) is 0 Å². The van der Waals surface area contributed by atoms with E-state index < -0.39 is 0 Å². The van der Waals surface area contributed by atoms with E-state index in [4.69, 9.17) is 4.98 Å². The van der Waals surface area contributed by atoms with E-state index in [1.165, 1.54) is 28.0 Å². The highest BCUT2D eigenvalue weighted by molar-refractivity contribution is 7.98. The summed E-state index contributed by atoms with van der Waals surface area (Å²) >= 11 is 3.33. The zero-order valence-electron chi connectivity index (χ0n) is 17.5. The van der Waals surface area contributed by atoms with Crippen molar-refractivity contribution in [2.45, 2.75) is 63.2 Å². The minimum Gasteiger partial charge on any atom is -0.353 e. The Kier molecular flexibility index (Phi) is 6.14. The van der Waals surface area contributed by atoms with Crippen molar-refractivity contribution >= 4 is 39.2 Å². The summed E-state index contributed by atoms with van der Waals surface area (Å²) < 4.78 is 0. The number of thiophene rings is 1. The highest BCUT2D eigenvalue weighted by atomic mass is 32.2. The lowest BCUT2D eigenvalue weighted by Gasteiger charge is -2.25. The molecule has 0 fully saturated rings. The highest BCUT2D eigenvalue weighted by Crippen LogP contribution is 2.33. The summed E-state index contributed by atoms with van der Waals surface area (Å²) in [6, 6.07) is 8.74. The minimum atomic E-state index is -0.00433. The number of carbonyl (C=O) groups is 1. The number of hydrogen-bond donors (Lipinski definition) is 2. The van der Waals surface area contributed by atoms with Crippen molar-refractivity contribution in [1.29, 1.82) is 0 Å². The highest BCUT2D eigenvalue weighted by Gasteiger charge is 2.21. The van der Waals surface area contributed by atoms with Gasteiger partial charge >= 0.3 is 0 Å². The van der Waals surface area contributed by atoms with Gasteiger partial charge < -0.3 is 10.3 Å². The van der Waals surface area contributed by atoms with Crippen molar-refractivity contribution in [2.24, 2.45) is 0 Å². The molecule has 0 radical (unpaired) electrons. The Hall–Kier alpha value is -2.12. The summed E-state index contributed by atoms with van der Waals surface area (Å²) in [6.07, 6.45) is 7.88. The molecule has 0 spiro atoms. The van der Waals surface area contributed by atoms with Crippen LogP contribution in [0.25, 0.3) is 10.2 Å². The lowest BCUT2D eigenvalue weighted by Crippen LogP contribution is -2.38. The van der Waals surface area contributed by atoms with Crippen LogP contribution in [-0.2, 0) is 36.2 Å². The Labute approximate surface area is 190 Å². The van der Waals surface area contributed by atoms with Crippen LogP contribution in [0.1, 0.15) is 53.1 Å². The molecule has 0 saturated carbocycles. The standard InChI is InChI=1S/C24H27N3O2S2/c28-21(25-17-10-9-15-5-1-2-6-16(15)13-17)11-12-30-14-20-26-23(29)22-18-7-3-4-8-19(18)31-24(22)27-20/h1-2,5-6,17H,3-4,7-14H2,(H,25,28)(H,26,27,29). The van der Waals surface area contributed by atoms with Crippen LogP contribution >= 0.6 is 23.1 Å². The van der Waals surface area contributed by atoms with Gasteiger partial charge in [0.2, 0.25) is 5.91 Å². The number of benzene rings is 1. The molecule has 2 aromatic heterocycles. The maximum Gasteiger partial charge on any atom is 0.259 e. The SMILES string of the molecule is O=C(CCSCc1nc2sc3c(c2c(=O)[nH]1)CCCC3)NC1CCc2ccccc2C1. The lowest BCUT2D eigenvalue weighted by molar-refractivity contribution is -0.121. The van der Waals surface area contributed by atoms with Gasteiger partial charge in [0.05, 0.1) is 11.1 Å². The van der Waals surface area contributed by atoms with E-state index in [1.807, 2.05) is 0 Å². The third-order valence-corrected chi connectivity index (χ3v) is 8.45.